The molecule has 3 heteroatoms. The molecule has 2 bridgehead atoms. The third kappa shape index (κ3) is 3.20. The van der Waals surface area contributed by atoms with Crippen molar-refractivity contribution in [3.63, 3.8) is 0 Å². The highest BCUT2D eigenvalue weighted by molar-refractivity contribution is 5.80. The highest BCUT2D eigenvalue weighted by atomic mass is 16.2. The Labute approximate surface area is 139 Å². The minimum atomic E-state index is 0.218. The minimum Gasteiger partial charge on any atom is -0.338 e. The van der Waals surface area contributed by atoms with Crippen LogP contribution in [0.4, 0.5) is 0 Å². The molecule has 0 aromatic heterocycles. The van der Waals surface area contributed by atoms with Gasteiger partial charge in [-0.3, -0.25) is 9.69 Å². The lowest BCUT2D eigenvalue weighted by atomic mass is 9.94. The molecule has 3 aliphatic heterocycles. The Morgan fingerprint density at radius 3 is 2.83 bits per heavy atom. The molecule has 1 aromatic rings. The van der Waals surface area contributed by atoms with E-state index in [2.05, 4.69) is 40.6 Å². The third-order valence-corrected chi connectivity index (χ3v) is 5.61. The molecule has 4 aliphatic rings. The molecule has 0 unspecified atom stereocenters. The van der Waals surface area contributed by atoms with Gasteiger partial charge in [0.1, 0.15) is 0 Å². The summed E-state index contributed by atoms with van der Waals surface area (Å²) in [6.45, 7) is 7.77. The van der Waals surface area contributed by atoms with Gasteiger partial charge in [-0.1, -0.05) is 36.9 Å². The first-order valence-corrected chi connectivity index (χ1v) is 8.97. The monoisotopic (exact) mass is 310 g/mol. The Morgan fingerprint density at radius 2 is 2.04 bits per heavy atom. The average molecular weight is 310 g/mol. The van der Waals surface area contributed by atoms with Crippen molar-refractivity contribution in [3.05, 3.63) is 42.0 Å². The minimum absolute atomic E-state index is 0.218. The SMILES string of the molecule is C=Cc1cccc(CN2C[C@H]3CC[C@@H](C2)N(CC2CC2)C3=O)c1. The predicted octanol–water partition coefficient (Wildman–Crippen LogP) is 3.16. The first-order valence-electron chi connectivity index (χ1n) is 8.97. The van der Waals surface area contributed by atoms with Gasteiger partial charge in [-0.05, 0) is 42.7 Å². The zero-order chi connectivity index (χ0) is 15.8. The number of carbonyl (C=O) groups excluding carboxylic acids is 1. The molecule has 3 saturated heterocycles. The molecule has 5 rings (SSSR count). The standard InChI is InChI=1S/C20H26N2O/c1-2-15-4-3-5-17(10-15)11-21-13-18-8-9-19(14-21)22(20(18)23)12-16-6-7-16/h2-5,10,16,18-19H,1,6-9,11-14H2/t18-,19+/m1/s1. The van der Waals surface area contributed by atoms with Crippen LogP contribution in [0.5, 0.6) is 0 Å². The summed E-state index contributed by atoms with van der Waals surface area (Å²) in [6.07, 6.45) is 6.80. The van der Waals surface area contributed by atoms with Gasteiger partial charge in [0.15, 0.2) is 0 Å². The van der Waals surface area contributed by atoms with Gasteiger partial charge in [0, 0.05) is 32.2 Å². The lowest BCUT2D eigenvalue weighted by Crippen LogP contribution is -2.48. The highest BCUT2D eigenvalue weighted by Gasteiger charge is 2.42. The van der Waals surface area contributed by atoms with E-state index in [1.807, 2.05) is 6.08 Å². The van der Waals surface area contributed by atoms with Crippen LogP contribution in [-0.2, 0) is 11.3 Å². The van der Waals surface area contributed by atoms with Crippen molar-refractivity contribution in [2.24, 2.45) is 11.8 Å². The van der Waals surface area contributed by atoms with Crippen molar-refractivity contribution in [1.82, 2.24) is 9.80 Å². The summed E-state index contributed by atoms with van der Waals surface area (Å²) in [5, 5.41) is 0. The second kappa shape index (κ2) is 6.12. The second-order valence-corrected chi connectivity index (χ2v) is 7.51. The number of nitrogens with zero attached hydrogens (tertiary/aromatic N) is 2. The molecule has 0 radical (unpaired) electrons. The highest BCUT2D eigenvalue weighted by Crippen LogP contribution is 2.35. The van der Waals surface area contributed by atoms with Gasteiger partial charge in [-0.2, -0.15) is 0 Å². The van der Waals surface area contributed by atoms with Gasteiger partial charge in [0.25, 0.3) is 0 Å². The Bertz CT molecular complexity index is 607. The molecular weight excluding hydrogens is 284 g/mol. The zero-order valence-corrected chi connectivity index (χ0v) is 13.8. The Hall–Kier alpha value is -1.61. The van der Waals surface area contributed by atoms with Crippen LogP contribution < -0.4 is 0 Å². The molecule has 3 heterocycles. The molecule has 1 amide bonds. The molecule has 0 N–H and O–H groups in total. The Morgan fingerprint density at radius 1 is 1.17 bits per heavy atom. The van der Waals surface area contributed by atoms with Crippen LogP contribution in [0.1, 0.15) is 36.8 Å². The summed E-state index contributed by atoms with van der Waals surface area (Å²) >= 11 is 0. The predicted molar refractivity (Wildman–Crippen MR) is 92.8 cm³/mol. The van der Waals surface area contributed by atoms with Gasteiger partial charge in [0.05, 0.1) is 5.92 Å². The van der Waals surface area contributed by atoms with E-state index >= 15 is 0 Å². The van der Waals surface area contributed by atoms with E-state index in [4.69, 9.17) is 0 Å². The Kier molecular flexibility index (Phi) is 3.98. The summed E-state index contributed by atoms with van der Waals surface area (Å²) in [5.74, 6) is 1.43. The van der Waals surface area contributed by atoms with E-state index in [-0.39, 0.29) is 5.92 Å². The van der Waals surface area contributed by atoms with Gasteiger partial charge >= 0.3 is 0 Å². The quantitative estimate of drug-likeness (QED) is 0.834. The number of benzene rings is 1. The molecule has 3 nitrogen and oxygen atoms in total. The topological polar surface area (TPSA) is 23.6 Å². The van der Waals surface area contributed by atoms with E-state index in [0.717, 1.165) is 38.5 Å². The largest absolute Gasteiger partial charge is 0.338 e. The number of piperidine rings is 1. The van der Waals surface area contributed by atoms with E-state index in [0.29, 0.717) is 11.9 Å². The molecule has 2 atom stereocenters. The summed E-state index contributed by atoms with van der Waals surface area (Å²) in [6, 6.07) is 9.02. The fourth-order valence-electron chi connectivity index (χ4n) is 4.15. The van der Waals surface area contributed by atoms with Crippen molar-refractivity contribution in [1.29, 1.82) is 0 Å². The maximum Gasteiger partial charge on any atom is 0.227 e. The van der Waals surface area contributed by atoms with E-state index < -0.39 is 0 Å². The molecule has 4 fully saturated rings. The smallest absolute Gasteiger partial charge is 0.227 e. The van der Waals surface area contributed by atoms with Gasteiger partial charge < -0.3 is 4.90 Å². The van der Waals surface area contributed by atoms with Crippen LogP contribution >= 0.6 is 0 Å². The summed E-state index contributed by atoms with van der Waals surface area (Å²) in [4.78, 5) is 17.5. The Balaban J connectivity index is 1.48. The van der Waals surface area contributed by atoms with Crippen LogP contribution in [0.2, 0.25) is 0 Å². The van der Waals surface area contributed by atoms with Crippen LogP contribution in [0, 0.1) is 11.8 Å². The van der Waals surface area contributed by atoms with E-state index in [1.54, 1.807) is 0 Å². The summed E-state index contributed by atoms with van der Waals surface area (Å²) in [7, 11) is 0. The number of fused-ring (bicyclic) bond motifs is 4. The molecule has 1 aliphatic carbocycles. The average Bonchev–Trinajstić information content (AvgIpc) is 3.39. The number of hydrogen-bond acceptors (Lipinski definition) is 2. The zero-order valence-electron chi connectivity index (χ0n) is 13.8. The fourth-order valence-corrected chi connectivity index (χ4v) is 4.15. The van der Waals surface area contributed by atoms with Crippen molar-refractivity contribution < 1.29 is 4.79 Å². The molecule has 23 heavy (non-hydrogen) atoms. The second-order valence-electron chi connectivity index (χ2n) is 7.51. The van der Waals surface area contributed by atoms with Gasteiger partial charge in [-0.15, -0.1) is 0 Å². The first kappa shape index (κ1) is 14.9. The first-order chi connectivity index (χ1) is 11.2. The van der Waals surface area contributed by atoms with Gasteiger partial charge in [0.2, 0.25) is 5.91 Å². The van der Waals surface area contributed by atoms with Crippen LogP contribution in [-0.4, -0.2) is 41.4 Å². The lowest BCUT2D eigenvalue weighted by molar-refractivity contribution is -0.140. The van der Waals surface area contributed by atoms with E-state index in [9.17, 15) is 4.79 Å². The molecule has 1 aromatic carbocycles. The summed E-state index contributed by atoms with van der Waals surface area (Å²) < 4.78 is 0. The molecule has 122 valence electrons. The van der Waals surface area contributed by atoms with Crippen molar-refractivity contribution >= 4 is 12.0 Å². The van der Waals surface area contributed by atoms with Crippen molar-refractivity contribution in [3.8, 4) is 0 Å². The van der Waals surface area contributed by atoms with Crippen LogP contribution in [0.15, 0.2) is 30.8 Å². The molecular formula is C20H26N2O. The normalized spacial score (nSPS) is 28.0. The van der Waals surface area contributed by atoms with Crippen LogP contribution in [0.3, 0.4) is 0 Å². The number of amides is 1. The summed E-state index contributed by atoms with van der Waals surface area (Å²) in [5.41, 5.74) is 2.50. The fraction of sp³-hybridized carbons (Fsp3) is 0.550. The maximum absolute atomic E-state index is 12.8. The maximum atomic E-state index is 12.8. The molecule has 1 saturated carbocycles. The van der Waals surface area contributed by atoms with E-state index in [1.165, 1.54) is 30.4 Å². The number of hydrogen-bond donors (Lipinski definition) is 0. The number of carbonyl (C=O) groups is 1. The molecule has 0 spiro atoms. The van der Waals surface area contributed by atoms with Crippen molar-refractivity contribution in [2.45, 2.75) is 38.3 Å². The number of rotatable bonds is 5. The van der Waals surface area contributed by atoms with Gasteiger partial charge in [-0.25, -0.2) is 0 Å². The third-order valence-electron chi connectivity index (χ3n) is 5.61. The lowest BCUT2D eigenvalue weighted by Gasteiger charge is -2.36. The van der Waals surface area contributed by atoms with Crippen LogP contribution in [0.25, 0.3) is 6.08 Å². The van der Waals surface area contributed by atoms with Crippen molar-refractivity contribution in [2.75, 3.05) is 19.6 Å².